The lowest BCUT2D eigenvalue weighted by atomic mass is 10.1. The zero-order chi connectivity index (χ0) is 21.9. The van der Waals surface area contributed by atoms with Crippen LogP contribution in [0.2, 0.25) is 0 Å². The third-order valence-corrected chi connectivity index (χ3v) is 5.31. The SMILES string of the molecule is Cc1ccc(NC(=O)C(C)SCc2nc(-c3cccc(C(F)(F)F)c3)no2)cc1F. The maximum absolute atomic E-state index is 13.6. The summed E-state index contributed by atoms with van der Waals surface area (Å²) >= 11 is 1.20. The Morgan fingerprint density at radius 1 is 1.23 bits per heavy atom. The number of nitrogens with zero attached hydrogens (tertiary/aromatic N) is 2. The second-order valence-corrected chi connectivity index (χ2v) is 7.83. The van der Waals surface area contributed by atoms with Gasteiger partial charge in [-0.3, -0.25) is 4.79 Å². The van der Waals surface area contributed by atoms with E-state index in [0.717, 1.165) is 12.1 Å². The zero-order valence-corrected chi connectivity index (χ0v) is 16.8. The van der Waals surface area contributed by atoms with Crippen molar-refractivity contribution in [3.8, 4) is 11.4 Å². The summed E-state index contributed by atoms with van der Waals surface area (Å²) < 4.78 is 57.2. The van der Waals surface area contributed by atoms with Crippen molar-refractivity contribution in [3.63, 3.8) is 0 Å². The van der Waals surface area contributed by atoms with Gasteiger partial charge in [0.1, 0.15) is 5.82 Å². The van der Waals surface area contributed by atoms with E-state index in [-0.39, 0.29) is 28.9 Å². The standard InChI is InChI=1S/C20H17F4N3O2S/c1-11-6-7-15(9-16(11)21)25-19(28)12(2)30-10-17-26-18(27-29-17)13-4-3-5-14(8-13)20(22,23)24/h3-9,12H,10H2,1-2H3,(H,25,28). The lowest BCUT2D eigenvalue weighted by Crippen LogP contribution is -2.22. The molecular formula is C20H17F4N3O2S. The molecule has 1 atom stereocenters. The third kappa shape index (κ3) is 5.38. The van der Waals surface area contributed by atoms with Crippen LogP contribution >= 0.6 is 11.8 Å². The predicted molar refractivity (Wildman–Crippen MR) is 105 cm³/mol. The van der Waals surface area contributed by atoms with E-state index in [1.54, 1.807) is 26.0 Å². The summed E-state index contributed by atoms with van der Waals surface area (Å²) in [5, 5.41) is 5.82. The number of alkyl halides is 3. The highest BCUT2D eigenvalue weighted by Gasteiger charge is 2.30. The average Bonchev–Trinajstić information content (AvgIpc) is 3.17. The summed E-state index contributed by atoms with van der Waals surface area (Å²) in [7, 11) is 0. The highest BCUT2D eigenvalue weighted by molar-refractivity contribution is 7.99. The van der Waals surface area contributed by atoms with Crippen LogP contribution in [0.25, 0.3) is 11.4 Å². The van der Waals surface area contributed by atoms with Crippen molar-refractivity contribution in [3.05, 3.63) is 65.3 Å². The minimum Gasteiger partial charge on any atom is -0.338 e. The van der Waals surface area contributed by atoms with Crippen LogP contribution in [0, 0.1) is 12.7 Å². The van der Waals surface area contributed by atoms with E-state index in [1.807, 2.05) is 0 Å². The lowest BCUT2D eigenvalue weighted by Gasteiger charge is -2.11. The molecule has 0 aliphatic heterocycles. The van der Waals surface area contributed by atoms with Crippen LogP contribution < -0.4 is 5.32 Å². The number of nitrogens with one attached hydrogen (secondary N) is 1. The van der Waals surface area contributed by atoms with Crippen molar-refractivity contribution in [1.82, 2.24) is 10.1 Å². The highest BCUT2D eigenvalue weighted by Crippen LogP contribution is 2.31. The molecule has 1 heterocycles. The van der Waals surface area contributed by atoms with Crippen LogP contribution in [0.4, 0.5) is 23.2 Å². The number of hydrogen-bond donors (Lipinski definition) is 1. The number of halogens is 4. The van der Waals surface area contributed by atoms with Crippen LogP contribution in [0.3, 0.4) is 0 Å². The highest BCUT2D eigenvalue weighted by atomic mass is 32.2. The topological polar surface area (TPSA) is 68.0 Å². The molecule has 0 saturated carbocycles. The molecule has 5 nitrogen and oxygen atoms in total. The maximum atomic E-state index is 13.6. The first-order valence-corrected chi connectivity index (χ1v) is 9.87. The minimum atomic E-state index is -4.47. The number of benzene rings is 2. The van der Waals surface area contributed by atoms with Crippen molar-refractivity contribution < 1.29 is 26.9 Å². The minimum absolute atomic E-state index is 0.0314. The van der Waals surface area contributed by atoms with Gasteiger partial charge in [-0.15, -0.1) is 11.8 Å². The molecule has 158 valence electrons. The molecule has 30 heavy (non-hydrogen) atoms. The summed E-state index contributed by atoms with van der Waals surface area (Å²) in [6.45, 7) is 3.28. The Hall–Kier alpha value is -2.88. The van der Waals surface area contributed by atoms with Gasteiger partial charge in [0.15, 0.2) is 0 Å². The van der Waals surface area contributed by atoms with E-state index in [0.29, 0.717) is 11.3 Å². The monoisotopic (exact) mass is 439 g/mol. The molecule has 3 aromatic rings. The summed E-state index contributed by atoms with van der Waals surface area (Å²) in [4.78, 5) is 16.4. The first kappa shape index (κ1) is 21.8. The van der Waals surface area contributed by atoms with E-state index in [2.05, 4.69) is 15.5 Å². The summed E-state index contributed by atoms with van der Waals surface area (Å²) in [6, 6.07) is 9.03. The fraction of sp³-hybridized carbons (Fsp3) is 0.250. The van der Waals surface area contributed by atoms with Gasteiger partial charge in [-0.2, -0.15) is 18.2 Å². The fourth-order valence-electron chi connectivity index (χ4n) is 2.45. The molecule has 1 aromatic heterocycles. The number of carbonyl (C=O) groups excluding carboxylic acids is 1. The zero-order valence-electron chi connectivity index (χ0n) is 16.0. The van der Waals surface area contributed by atoms with Gasteiger partial charge >= 0.3 is 6.18 Å². The number of amides is 1. The molecule has 1 unspecified atom stereocenters. The van der Waals surface area contributed by atoms with Gasteiger partial charge in [0.05, 0.1) is 16.6 Å². The number of aromatic nitrogens is 2. The Morgan fingerprint density at radius 2 is 2.00 bits per heavy atom. The van der Waals surface area contributed by atoms with Gasteiger partial charge in [-0.05, 0) is 43.7 Å². The van der Waals surface area contributed by atoms with Crippen molar-refractivity contribution in [1.29, 1.82) is 0 Å². The van der Waals surface area contributed by atoms with Gasteiger partial charge in [0.25, 0.3) is 0 Å². The molecule has 0 saturated heterocycles. The van der Waals surface area contributed by atoms with Gasteiger partial charge in [-0.25, -0.2) is 4.39 Å². The first-order chi connectivity index (χ1) is 14.1. The quantitative estimate of drug-likeness (QED) is 0.517. The first-order valence-electron chi connectivity index (χ1n) is 8.82. The normalized spacial score (nSPS) is 12.6. The number of hydrogen-bond acceptors (Lipinski definition) is 5. The molecule has 10 heteroatoms. The van der Waals surface area contributed by atoms with Gasteiger partial charge < -0.3 is 9.84 Å². The smallest absolute Gasteiger partial charge is 0.338 e. The van der Waals surface area contributed by atoms with Gasteiger partial charge in [-0.1, -0.05) is 23.4 Å². The average molecular weight is 439 g/mol. The van der Waals surface area contributed by atoms with Crippen LogP contribution in [-0.2, 0) is 16.7 Å². The maximum Gasteiger partial charge on any atom is 0.416 e. The lowest BCUT2D eigenvalue weighted by molar-refractivity contribution is -0.137. The second kappa shape index (κ2) is 8.86. The van der Waals surface area contributed by atoms with Gasteiger partial charge in [0.2, 0.25) is 17.6 Å². The van der Waals surface area contributed by atoms with Crippen LogP contribution in [0.5, 0.6) is 0 Å². The summed E-state index contributed by atoms with van der Waals surface area (Å²) in [5.41, 5.74) is 0.194. The Bertz CT molecular complexity index is 1050. The molecule has 1 N–H and O–H groups in total. The molecule has 0 spiro atoms. The molecular weight excluding hydrogens is 422 g/mol. The van der Waals surface area contributed by atoms with E-state index < -0.39 is 22.8 Å². The van der Waals surface area contributed by atoms with Gasteiger partial charge in [0, 0.05) is 11.3 Å². The van der Waals surface area contributed by atoms with E-state index >= 15 is 0 Å². The number of aryl methyl sites for hydroxylation is 1. The molecule has 0 bridgehead atoms. The Labute approximate surface area is 173 Å². The molecule has 0 fully saturated rings. The Morgan fingerprint density at radius 3 is 2.70 bits per heavy atom. The number of anilines is 1. The van der Waals surface area contributed by atoms with Crippen molar-refractivity contribution in [2.45, 2.75) is 31.0 Å². The van der Waals surface area contributed by atoms with Crippen molar-refractivity contribution >= 4 is 23.4 Å². The number of rotatable bonds is 6. The third-order valence-electron chi connectivity index (χ3n) is 4.18. The van der Waals surface area contributed by atoms with E-state index in [9.17, 15) is 22.4 Å². The molecule has 0 aliphatic carbocycles. The molecule has 0 radical (unpaired) electrons. The summed E-state index contributed by atoms with van der Waals surface area (Å²) in [6.07, 6.45) is -4.47. The number of thioether (sulfide) groups is 1. The van der Waals surface area contributed by atoms with Crippen LogP contribution in [0.15, 0.2) is 47.0 Å². The van der Waals surface area contributed by atoms with E-state index in [1.165, 1.54) is 30.0 Å². The molecule has 3 rings (SSSR count). The van der Waals surface area contributed by atoms with Crippen molar-refractivity contribution in [2.24, 2.45) is 0 Å². The number of carbonyl (C=O) groups is 1. The fourth-order valence-corrected chi connectivity index (χ4v) is 3.17. The Kier molecular flexibility index (Phi) is 6.45. The van der Waals surface area contributed by atoms with Crippen molar-refractivity contribution in [2.75, 3.05) is 5.32 Å². The van der Waals surface area contributed by atoms with Crippen LogP contribution in [-0.4, -0.2) is 21.3 Å². The second-order valence-electron chi connectivity index (χ2n) is 6.50. The molecule has 1 amide bonds. The van der Waals surface area contributed by atoms with E-state index in [4.69, 9.17) is 4.52 Å². The Balaban J connectivity index is 1.59. The summed E-state index contributed by atoms with van der Waals surface area (Å²) in [5.74, 6) is -0.359. The predicted octanol–water partition coefficient (Wildman–Crippen LogP) is 5.46. The molecule has 0 aliphatic rings. The largest absolute Gasteiger partial charge is 0.416 e. The van der Waals surface area contributed by atoms with Crippen LogP contribution in [0.1, 0.15) is 23.9 Å². The molecule has 2 aromatic carbocycles.